The van der Waals surface area contributed by atoms with Gasteiger partial charge in [-0.25, -0.2) is 0 Å². The van der Waals surface area contributed by atoms with E-state index in [9.17, 15) is 4.79 Å². The van der Waals surface area contributed by atoms with Crippen molar-refractivity contribution in [2.24, 2.45) is 23.2 Å². The van der Waals surface area contributed by atoms with Crippen LogP contribution in [0.1, 0.15) is 66.2 Å². The Hall–Kier alpha value is -0.240. The van der Waals surface area contributed by atoms with E-state index < -0.39 is 0 Å². The second-order valence-corrected chi connectivity index (χ2v) is 8.94. The van der Waals surface area contributed by atoms with Crippen LogP contribution in [0.25, 0.3) is 0 Å². The van der Waals surface area contributed by atoms with Crippen molar-refractivity contribution >= 4 is 17.5 Å². The highest BCUT2D eigenvalue weighted by Gasteiger charge is 2.35. The Morgan fingerprint density at radius 2 is 1.57 bits per heavy atom. The number of hydrogen-bond acceptors (Lipinski definition) is 1. The van der Waals surface area contributed by atoms with Crippen LogP contribution in [0, 0.1) is 23.2 Å². The fraction of sp³-hybridized carbons (Fsp3) is 0.944. The van der Waals surface area contributed by atoms with Crippen molar-refractivity contribution in [3.8, 4) is 0 Å². The van der Waals surface area contributed by atoms with Gasteiger partial charge in [0.25, 0.3) is 0 Å². The van der Waals surface area contributed by atoms with E-state index in [1.165, 1.54) is 12.8 Å². The van der Waals surface area contributed by atoms with Gasteiger partial charge in [0.2, 0.25) is 5.91 Å². The molecule has 0 spiro atoms. The summed E-state index contributed by atoms with van der Waals surface area (Å²) < 4.78 is 0. The smallest absolute Gasteiger partial charge is 0.225 e. The van der Waals surface area contributed by atoms with E-state index in [2.05, 4.69) is 32.6 Å². The van der Waals surface area contributed by atoms with Gasteiger partial charge < -0.3 is 4.90 Å². The summed E-state index contributed by atoms with van der Waals surface area (Å²) in [6.45, 7) is 10.9. The summed E-state index contributed by atoms with van der Waals surface area (Å²) in [5.41, 5.74) is 0.392. The molecule has 21 heavy (non-hydrogen) atoms. The molecule has 0 radical (unpaired) electrons. The van der Waals surface area contributed by atoms with Gasteiger partial charge in [-0.15, -0.1) is 11.6 Å². The van der Waals surface area contributed by atoms with E-state index in [-0.39, 0.29) is 11.3 Å². The van der Waals surface area contributed by atoms with Crippen LogP contribution in [0.3, 0.4) is 0 Å². The van der Waals surface area contributed by atoms with E-state index in [0.29, 0.717) is 17.2 Å². The van der Waals surface area contributed by atoms with Gasteiger partial charge in [0.15, 0.2) is 0 Å². The summed E-state index contributed by atoms with van der Waals surface area (Å²) in [5.74, 6) is 2.08. The SMILES string of the molecule is CC(Cl)C1CCN(C(=O)C2CCC(C(C)(C)C)CC2)CC1. The minimum atomic E-state index is 0.240. The standard InChI is InChI=1S/C18H32ClNO/c1-13(19)14-9-11-20(12-10-14)17(21)15-5-7-16(8-6-15)18(2,3)4/h13-16H,5-12H2,1-4H3. The normalized spacial score (nSPS) is 30.2. The van der Waals surface area contributed by atoms with Gasteiger partial charge in [-0.2, -0.15) is 0 Å². The van der Waals surface area contributed by atoms with Gasteiger partial charge in [-0.05, 0) is 62.7 Å². The molecule has 1 heterocycles. The number of likely N-dealkylation sites (tertiary alicyclic amines) is 1. The molecule has 0 bridgehead atoms. The molecular formula is C18H32ClNO. The molecule has 2 aliphatic rings. The Morgan fingerprint density at radius 1 is 1.05 bits per heavy atom. The number of hydrogen-bond donors (Lipinski definition) is 0. The lowest BCUT2D eigenvalue weighted by Gasteiger charge is -2.39. The molecule has 1 atom stereocenters. The zero-order valence-electron chi connectivity index (χ0n) is 14.2. The zero-order valence-corrected chi connectivity index (χ0v) is 15.0. The van der Waals surface area contributed by atoms with Crippen molar-refractivity contribution in [3.05, 3.63) is 0 Å². The lowest BCUT2D eigenvalue weighted by Crippen LogP contribution is -2.44. The molecule has 1 amide bonds. The van der Waals surface area contributed by atoms with E-state index in [1.54, 1.807) is 0 Å². The van der Waals surface area contributed by atoms with Gasteiger partial charge in [-0.3, -0.25) is 4.79 Å². The largest absolute Gasteiger partial charge is 0.342 e. The number of amides is 1. The van der Waals surface area contributed by atoms with Crippen molar-refractivity contribution < 1.29 is 4.79 Å². The molecule has 1 saturated carbocycles. The highest BCUT2D eigenvalue weighted by atomic mass is 35.5. The van der Waals surface area contributed by atoms with Gasteiger partial charge in [0.1, 0.15) is 0 Å². The van der Waals surface area contributed by atoms with Gasteiger partial charge in [-0.1, -0.05) is 20.8 Å². The van der Waals surface area contributed by atoms with Crippen molar-refractivity contribution in [1.82, 2.24) is 4.90 Å². The first kappa shape index (κ1) is 17.1. The zero-order chi connectivity index (χ0) is 15.6. The van der Waals surface area contributed by atoms with Crippen LogP contribution in [0.5, 0.6) is 0 Å². The van der Waals surface area contributed by atoms with Crippen LogP contribution >= 0.6 is 11.6 Å². The third kappa shape index (κ3) is 4.37. The Morgan fingerprint density at radius 3 is 2.00 bits per heavy atom. The third-order valence-corrected chi connectivity index (χ3v) is 6.16. The van der Waals surface area contributed by atoms with Crippen molar-refractivity contribution in [2.45, 2.75) is 71.6 Å². The summed E-state index contributed by atoms with van der Waals surface area (Å²) >= 11 is 6.19. The molecular weight excluding hydrogens is 282 g/mol. The van der Waals surface area contributed by atoms with Crippen LogP contribution in [0.4, 0.5) is 0 Å². The minimum absolute atomic E-state index is 0.240. The maximum atomic E-state index is 12.7. The molecule has 0 aromatic heterocycles. The van der Waals surface area contributed by atoms with E-state index in [1.807, 2.05) is 0 Å². The molecule has 1 unspecified atom stereocenters. The average molecular weight is 314 g/mol. The Kier molecular flexibility index (Phi) is 5.62. The molecule has 1 aliphatic heterocycles. The van der Waals surface area contributed by atoms with Crippen LogP contribution < -0.4 is 0 Å². The second-order valence-electron chi connectivity index (χ2n) is 8.25. The second kappa shape index (κ2) is 6.89. The monoisotopic (exact) mass is 313 g/mol. The number of rotatable bonds is 2. The summed E-state index contributed by atoms with van der Waals surface area (Å²) in [4.78, 5) is 14.8. The predicted octanol–water partition coefficient (Wildman–Crippen LogP) is 4.70. The van der Waals surface area contributed by atoms with Gasteiger partial charge in [0.05, 0.1) is 0 Å². The maximum absolute atomic E-state index is 12.7. The number of halogens is 1. The lowest BCUT2D eigenvalue weighted by molar-refractivity contribution is -0.138. The number of nitrogens with zero attached hydrogens (tertiary/aromatic N) is 1. The highest BCUT2D eigenvalue weighted by Crippen LogP contribution is 2.40. The van der Waals surface area contributed by atoms with E-state index in [0.717, 1.165) is 44.7 Å². The third-order valence-electron chi connectivity index (χ3n) is 5.80. The summed E-state index contributed by atoms with van der Waals surface area (Å²) in [7, 11) is 0. The van der Waals surface area contributed by atoms with Crippen molar-refractivity contribution in [1.29, 1.82) is 0 Å². The van der Waals surface area contributed by atoms with Crippen molar-refractivity contribution in [2.75, 3.05) is 13.1 Å². The lowest BCUT2D eigenvalue weighted by atomic mass is 9.69. The van der Waals surface area contributed by atoms with Gasteiger partial charge >= 0.3 is 0 Å². The van der Waals surface area contributed by atoms with Crippen LogP contribution in [0.2, 0.25) is 0 Å². The molecule has 2 nitrogen and oxygen atoms in total. The Labute approximate surface area is 135 Å². The van der Waals surface area contributed by atoms with E-state index in [4.69, 9.17) is 11.6 Å². The minimum Gasteiger partial charge on any atom is -0.342 e. The molecule has 3 heteroatoms. The number of carbonyl (C=O) groups is 1. The van der Waals surface area contributed by atoms with Crippen LogP contribution in [-0.2, 0) is 4.79 Å². The Balaban J connectivity index is 1.80. The first-order valence-corrected chi connectivity index (χ1v) is 9.15. The number of alkyl halides is 1. The number of carbonyl (C=O) groups excluding carboxylic acids is 1. The average Bonchev–Trinajstić information content (AvgIpc) is 2.46. The fourth-order valence-electron chi connectivity index (χ4n) is 4.04. The first-order valence-electron chi connectivity index (χ1n) is 8.72. The summed E-state index contributed by atoms with van der Waals surface area (Å²) in [6.07, 6.45) is 6.77. The molecule has 1 saturated heterocycles. The molecule has 0 aromatic rings. The van der Waals surface area contributed by atoms with Crippen molar-refractivity contribution in [3.63, 3.8) is 0 Å². The summed E-state index contributed by atoms with van der Waals surface area (Å²) in [6, 6.07) is 0. The first-order chi connectivity index (χ1) is 9.79. The van der Waals surface area contributed by atoms with Crippen LogP contribution in [-0.4, -0.2) is 29.3 Å². The molecule has 0 N–H and O–H groups in total. The highest BCUT2D eigenvalue weighted by molar-refractivity contribution is 6.20. The molecule has 0 aromatic carbocycles. The topological polar surface area (TPSA) is 20.3 Å². The molecule has 2 rings (SSSR count). The number of piperidine rings is 1. The predicted molar refractivity (Wildman–Crippen MR) is 89.5 cm³/mol. The molecule has 122 valence electrons. The van der Waals surface area contributed by atoms with Gasteiger partial charge in [0, 0.05) is 24.4 Å². The maximum Gasteiger partial charge on any atom is 0.225 e. The molecule has 1 aliphatic carbocycles. The quantitative estimate of drug-likeness (QED) is 0.676. The fourth-order valence-corrected chi connectivity index (χ4v) is 4.30. The Bertz CT molecular complexity index is 345. The van der Waals surface area contributed by atoms with Crippen LogP contribution in [0.15, 0.2) is 0 Å². The molecule has 2 fully saturated rings. The van der Waals surface area contributed by atoms with E-state index >= 15 is 0 Å². The summed E-state index contributed by atoms with van der Waals surface area (Å²) in [5, 5.41) is 0.240.